The first-order valence-corrected chi connectivity index (χ1v) is 4.03. The molecule has 0 aromatic heterocycles. The van der Waals surface area contributed by atoms with Gasteiger partial charge in [0, 0.05) is 20.0 Å². The summed E-state index contributed by atoms with van der Waals surface area (Å²) in [5, 5.41) is 0. The summed E-state index contributed by atoms with van der Waals surface area (Å²) in [7, 11) is 4.11. The molecule has 0 aliphatic rings. The molecule has 0 rings (SSSR count). The van der Waals surface area contributed by atoms with E-state index in [9.17, 15) is 0 Å². The van der Waals surface area contributed by atoms with E-state index in [0.29, 0.717) is 5.75 Å². The highest BCUT2D eigenvalue weighted by molar-refractivity contribution is 7.80. The highest BCUT2D eigenvalue weighted by Gasteiger charge is 2.18. The third-order valence-corrected chi connectivity index (χ3v) is 3.49. The molecule has 0 saturated heterocycles. The van der Waals surface area contributed by atoms with Crippen LogP contribution in [0.3, 0.4) is 0 Å². The molecule has 0 aliphatic heterocycles. The highest BCUT2D eigenvalue weighted by atomic mass is 32.1. The van der Waals surface area contributed by atoms with Gasteiger partial charge in [-0.1, -0.05) is 0 Å². The summed E-state index contributed by atoms with van der Waals surface area (Å²) in [6.45, 7) is 0. The van der Waals surface area contributed by atoms with Crippen molar-refractivity contribution in [2.75, 3.05) is 20.0 Å². The van der Waals surface area contributed by atoms with Crippen LogP contribution in [0.2, 0.25) is 0 Å². The van der Waals surface area contributed by atoms with E-state index in [1.807, 2.05) is 0 Å². The van der Waals surface area contributed by atoms with E-state index in [-0.39, 0.29) is 5.41 Å². The van der Waals surface area contributed by atoms with Crippen molar-refractivity contribution < 1.29 is 9.47 Å². The average Bonchev–Trinajstić information content (AvgIpc) is 1.87. The molecule has 0 N–H and O–H groups in total. The Hall–Kier alpha value is 0.487. The SMILES string of the molecule is COC([SiH3])(CS)OC. The predicted octanol–water partition coefficient (Wildman–Crippen LogP) is -0.772. The van der Waals surface area contributed by atoms with Crippen molar-refractivity contribution in [3.05, 3.63) is 0 Å². The second-order valence-electron chi connectivity index (χ2n) is 1.70. The summed E-state index contributed by atoms with van der Waals surface area (Å²) in [6, 6.07) is 0. The molecule has 0 spiro atoms. The molecule has 4 heteroatoms. The molecule has 0 radical (unpaired) electrons. The van der Waals surface area contributed by atoms with Gasteiger partial charge in [0.2, 0.25) is 0 Å². The van der Waals surface area contributed by atoms with Gasteiger partial charge in [0.1, 0.15) is 5.41 Å². The lowest BCUT2D eigenvalue weighted by Crippen LogP contribution is -2.36. The molecule has 0 aromatic carbocycles. The van der Waals surface area contributed by atoms with E-state index in [2.05, 4.69) is 12.6 Å². The second-order valence-corrected chi connectivity index (χ2v) is 3.54. The first-order valence-electron chi connectivity index (χ1n) is 2.39. The Kier molecular flexibility index (Phi) is 3.71. The molecule has 50 valence electrons. The monoisotopic (exact) mass is 152 g/mol. The fourth-order valence-electron chi connectivity index (χ4n) is 0.212. The zero-order valence-electron chi connectivity index (χ0n) is 5.47. The molecular formula is C4H12O2SSi. The maximum Gasteiger partial charge on any atom is 0.149 e. The van der Waals surface area contributed by atoms with Crippen LogP contribution in [-0.4, -0.2) is 35.6 Å². The fraction of sp³-hybridized carbons (Fsp3) is 1.00. The van der Waals surface area contributed by atoms with Gasteiger partial charge in [0.15, 0.2) is 0 Å². The minimum atomic E-state index is -0.372. The van der Waals surface area contributed by atoms with Crippen LogP contribution < -0.4 is 0 Å². The Morgan fingerprint density at radius 3 is 1.88 bits per heavy atom. The van der Waals surface area contributed by atoms with E-state index in [1.165, 1.54) is 0 Å². The Morgan fingerprint density at radius 2 is 1.88 bits per heavy atom. The Bertz CT molecular complexity index is 56.8. The van der Waals surface area contributed by atoms with Crippen molar-refractivity contribution in [2.24, 2.45) is 0 Å². The zero-order chi connectivity index (χ0) is 6.62. The zero-order valence-corrected chi connectivity index (χ0v) is 8.37. The minimum absolute atomic E-state index is 0.372. The smallest absolute Gasteiger partial charge is 0.149 e. The summed E-state index contributed by atoms with van der Waals surface area (Å²) < 4.78 is 10.00. The van der Waals surface area contributed by atoms with E-state index >= 15 is 0 Å². The molecule has 2 nitrogen and oxygen atoms in total. The molecule has 0 aromatic rings. The van der Waals surface area contributed by atoms with Crippen LogP contribution in [0.4, 0.5) is 0 Å². The molecule has 0 fully saturated rings. The van der Waals surface area contributed by atoms with E-state index in [1.54, 1.807) is 14.2 Å². The van der Waals surface area contributed by atoms with Crippen LogP contribution in [0.25, 0.3) is 0 Å². The van der Waals surface area contributed by atoms with Gasteiger partial charge in [-0.05, 0) is 0 Å². The lowest BCUT2D eigenvalue weighted by molar-refractivity contribution is -0.123. The number of hydrogen-bond donors (Lipinski definition) is 1. The molecule has 0 amide bonds. The van der Waals surface area contributed by atoms with E-state index in [4.69, 9.17) is 9.47 Å². The second kappa shape index (κ2) is 3.50. The maximum absolute atomic E-state index is 5.00. The predicted molar refractivity (Wildman–Crippen MR) is 40.5 cm³/mol. The molecule has 0 saturated carbocycles. The third kappa shape index (κ3) is 2.17. The van der Waals surface area contributed by atoms with Crippen LogP contribution in [0, 0.1) is 0 Å². The van der Waals surface area contributed by atoms with Crippen molar-refractivity contribution >= 4 is 22.9 Å². The number of ether oxygens (including phenoxy) is 2. The Labute approximate surface area is 58.4 Å². The molecule has 0 heterocycles. The normalized spacial score (nSPS) is 12.4. The quantitative estimate of drug-likeness (QED) is 0.325. The first-order chi connectivity index (χ1) is 3.68. The number of thiol groups is 1. The molecule has 0 unspecified atom stereocenters. The van der Waals surface area contributed by atoms with Crippen LogP contribution in [0.1, 0.15) is 0 Å². The Balaban J connectivity index is 3.58. The summed E-state index contributed by atoms with van der Waals surface area (Å²) in [5.74, 6) is 0.631. The minimum Gasteiger partial charge on any atom is -0.357 e. The first kappa shape index (κ1) is 8.49. The number of methoxy groups -OCH3 is 2. The fourth-order valence-corrected chi connectivity index (χ4v) is 0.471. The van der Waals surface area contributed by atoms with E-state index < -0.39 is 0 Å². The maximum atomic E-state index is 5.00. The van der Waals surface area contributed by atoms with Crippen LogP contribution in [0.5, 0.6) is 0 Å². The molecule has 0 atom stereocenters. The van der Waals surface area contributed by atoms with Gasteiger partial charge in [0.25, 0.3) is 0 Å². The molecule has 0 bridgehead atoms. The van der Waals surface area contributed by atoms with Gasteiger partial charge in [-0.2, -0.15) is 12.6 Å². The largest absolute Gasteiger partial charge is 0.357 e. The molecular weight excluding hydrogens is 140 g/mol. The van der Waals surface area contributed by atoms with Crippen molar-refractivity contribution in [2.45, 2.75) is 5.41 Å². The van der Waals surface area contributed by atoms with Gasteiger partial charge < -0.3 is 9.47 Å². The summed E-state index contributed by atoms with van der Waals surface area (Å²) in [5.41, 5.74) is -0.372. The Morgan fingerprint density at radius 1 is 1.50 bits per heavy atom. The lowest BCUT2D eigenvalue weighted by atomic mass is 10.7. The van der Waals surface area contributed by atoms with Crippen molar-refractivity contribution in [3.63, 3.8) is 0 Å². The summed E-state index contributed by atoms with van der Waals surface area (Å²) >= 11 is 4.05. The van der Waals surface area contributed by atoms with Crippen molar-refractivity contribution in [1.29, 1.82) is 0 Å². The van der Waals surface area contributed by atoms with Crippen molar-refractivity contribution in [3.8, 4) is 0 Å². The van der Waals surface area contributed by atoms with Crippen LogP contribution in [0.15, 0.2) is 0 Å². The number of rotatable bonds is 3. The van der Waals surface area contributed by atoms with Crippen LogP contribution >= 0.6 is 12.6 Å². The third-order valence-electron chi connectivity index (χ3n) is 1.15. The standard InChI is InChI=1S/C4H12O2SSi/c1-5-4(8,3-7)6-2/h7H,3H2,1-2,8H3. The summed E-state index contributed by atoms with van der Waals surface area (Å²) in [4.78, 5) is 0. The highest BCUT2D eigenvalue weighted by Crippen LogP contribution is 2.05. The van der Waals surface area contributed by atoms with E-state index in [0.717, 1.165) is 10.2 Å². The topological polar surface area (TPSA) is 18.5 Å². The summed E-state index contributed by atoms with van der Waals surface area (Å²) in [6.07, 6.45) is 0. The van der Waals surface area contributed by atoms with Gasteiger partial charge >= 0.3 is 0 Å². The van der Waals surface area contributed by atoms with Gasteiger partial charge in [-0.15, -0.1) is 0 Å². The molecule has 0 aliphatic carbocycles. The average molecular weight is 152 g/mol. The van der Waals surface area contributed by atoms with Crippen LogP contribution in [-0.2, 0) is 9.47 Å². The lowest BCUT2D eigenvalue weighted by Gasteiger charge is -2.23. The number of hydrogen-bond acceptors (Lipinski definition) is 3. The molecule has 8 heavy (non-hydrogen) atoms. The van der Waals surface area contributed by atoms with Gasteiger partial charge in [-0.3, -0.25) is 0 Å². The van der Waals surface area contributed by atoms with Crippen molar-refractivity contribution in [1.82, 2.24) is 0 Å². The van der Waals surface area contributed by atoms with Gasteiger partial charge in [0.05, 0.1) is 10.2 Å². The van der Waals surface area contributed by atoms with Gasteiger partial charge in [-0.25, -0.2) is 0 Å².